The number of carbonyl (C=O) groups excluding carboxylic acids is 1. The van der Waals surface area contributed by atoms with Gasteiger partial charge in [0, 0.05) is 19.5 Å². The third kappa shape index (κ3) is 3.27. The first-order valence-electron chi connectivity index (χ1n) is 6.48. The summed E-state index contributed by atoms with van der Waals surface area (Å²) in [5.74, 6) is -1.09. The van der Waals surface area contributed by atoms with E-state index in [0.717, 1.165) is 11.1 Å². The van der Waals surface area contributed by atoms with Gasteiger partial charge in [0.05, 0.1) is 6.10 Å². The van der Waals surface area contributed by atoms with E-state index in [1.54, 1.807) is 0 Å². The van der Waals surface area contributed by atoms with Crippen molar-refractivity contribution in [2.45, 2.75) is 32.0 Å². The maximum atomic E-state index is 12.0. The standard InChI is InChI=1S/C14H18N2O4/c1-9-3-2-4-10(5-9)7-15-14(20)16-8-11(17)6-12(16)13(18)19/h2-5,11-12,17H,6-8H2,1H3,(H,15,20)(H,18,19)/t11-,12+/m1/s1. The normalized spacial score (nSPS) is 21.8. The van der Waals surface area contributed by atoms with E-state index < -0.39 is 24.1 Å². The van der Waals surface area contributed by atoms with Crippen molar-refractivity contribution in [3.05, 3.63) is 35.4 Å². The number of nitrogens with zero attached hydrogens (tertiary/aromatic N) is 1. The molecule has 2 amide bonds. The van der Waals surface area contributed by atoms with E-state index in [1.165, 1.54) is 4.90 Å². The van der Waals surface area contributed by atoms with Crippen molar-refractivity contribution < 1.29 is 19.8 Å². The van der Waals surface area contributed by atoms with Crippen LogP contribution >= 0.6 is 0 Å². The Bertz CT molecular complexity index is 518. The van der Waals surface area contributed by atoms with Crippen molar-refractivity contribution in [1.82, 2.24) is 10.2 Å². The molecule has 1 aromatic carbocycles. The minimum absolute atomic E-state index is 0.0522. The third-order valence-corrected chi connectivity index (χ3v) is 3.35. The summed E-state index contributed by atoms with van der Waals surface area (Å²) >= 11 is 0. The van der Waals surface area contributed by atoms with Gasteiger partial charge in [0.1, 0.15) is 6.04 Å². The van der Waals surface area contributed by atoms with Crippen molar-refractivity contribution in [1.29, 1.82) is 0 Å². The molecular weight excluding hydrogens is 260 g/mol. The summed E-state index contributed by atoms with van der Waals surface area (Å²) in [7, 11) is 0. The highest BCUT2D eigenvalue weighted by Gasteiger charge is 2.38. The summed E-state index contributed by atoms with van der Waals surface area (Å²) in [5.41, 5.74) is 2.04. The smallest absolute Gasteiger partial charge is 0.326 e. The van der Waals surface area contributed by atoms with E-state index in [2.05, 4.69) is 5.32 Å². The van der Waals surface area contributed by atoms with Crippen molar-refractivity contribution in [3.63, 3.8) is 0 Å². The Morgan fingerprint density at radius 2 is 2.20 bits per heavy atom. The Labute approximate surface area is 117 Å². The lowest BCUT2D eigenvalue weighted by Gasteiger charge is -2.21. The van der Waals surface area contributed by atoms with Crippen molar-refractivity contribution in [2.24, 2.45) is 0 Å². The molecule has 2 atom stereocenters. The highest BCUT2D eigenvalue weighted by molar-refractivity contribution is 5.83. The Balaban J connectivity index is 1.96. The van der Waals surface area contributed by atoms with Gasteiger partial charge in [0.2, 0.25) is 0 Å². The number of aliphatic hydroxyl groups excluding tert-OH is 1. The monoisotopic (exact) mass is 278 g/mol. The molecule has 1 aromatic rings. The molecule has 2 rings (SSSR count). The largest absolute Gasteiger partial charge is 0.480 e. The molecule has 1 saturated heterocycles. The first-order chi connectivity index (χ1) is 9.47. The van der Waals surface area contributed by atoms with Crippen LogP contribution in [0.5, 0.6) is 0 Å². The average Bonchev–Trinajstić information content (AvgIpc) is 2.78. The molecule has 0 aliphatic carbocycles. The number of benzene rings is 1. The topological polar surface area (TPSA) is 89.9 Å². The Morgan fingerprint density at radius 3 is 2.85 bits per heavy atom. The lowest BCUT2D eigenvalue weighted by molar-refractivity contribution is -0.141. The fraction of sp³-hybridized carbons (Fsp3) is 0.429. The number of aryl methyl sites for hydroxylation is 1. The van der Waals surface area contributed by atoms with Crippen LogP contribution in [0.3, 0.4) is 0 Å². The number of β-amino-alcohol motifs (C(OH)–C–C–N with tert-alkyl or cyclic N) is 1. The zero-order valence-corrected chi connectivity index (χ0v) is 11.2. The lowest BCUT2D eigenvalue weighted by atomic mass is 10.1. The Hall–Kier alpha value is -2.08. The highest BCUT2D eigenvalue weighted by Crippen LogP contribution is 2.18. The van der Waals surface area contributed by atoms with Crippen LogP contribution in [0.15, 0.2) is 24.3 Å². The minimum atomic E-state index is -1.09. The molecular formula is C14H18N2O4. The summed E-state index contributed by atoms with van der Waals surface area (Å²) in [6, 6.07) is 6.28. The number of likely N-dealkylation sites (tertiary alicyclic amines) is 1. The Kier molecular flexibility index (Phi) is 4.24. The van der Waals surface area contributed by atoms with E-state index >= 15 is 0 Å². The van der Waals surface area contributed by atoms with Gasteiger partial charge in [-0.25, -0.2) is 9.59 Å². The number of rotatable bonds is 3. The fourth-order valence-electron chi connectivity index (χ4n) is 2.37. The number of urea groups is 1. The molecule has 0 unspecified atom stereocenters. The predicted octanol–water partition coefficient (Wildman–Crippen LogP) is 0.724. The van der Waals surface area contributed by atoms with Gasteiger partial charge in [-0.3, -0.25) is 0 Å². The molecule has 0 aromatic heterocycles. The average molecular weight is 278 g/mol. The summed E-state index contributed by atoms with van der Waals surface area (Å²) in [4.78, 5) is 24.2. The highest BCUT2D eigenvalue weighted by atomic mass is 16.4. The number of hydrogen-bond acceptors (Lipinski definition) is 3. The van der Waals surface area contributed by atoms with Crippen LogP contribution in [0.2, 0.25) is 0 Å². The van der Waals surface area contributed by atoms with Crippen LogP contribution in [0, 0.1) is 6.92 Å². The number of carboxylic acids is 1. The van der Waals surface area contributed by atoms with Gasteiger partial charge >= 0.3 is 12.0 Å². The van der Waals surface area contributed by atoms with Gasteiger partial charge in [-0.05, 0) is 12.5 Å². The van der Waals surface area contributed by atoms with Gasteiger partial charge in [-0.15, -0.1) is 0 Å². The van der Waals surface area contributed by atoms with Gasteiger partial charge < -0.3 is 20.4 Å². The Morgan fingerprint density at radius 1 is 1.45 bits per heavy atom. The third-order valence-electron chi connectivity index (χ3n) is 3.35. The zero-order chi connectivity index (χ0) is 14.7. The van der Waals surface area contributed by atoms with Crippen LogP contribution in [0.1, 0.15) is 17.5 Å². The van der Waals surface area contributed by atoms with Crippen LogP contribution < -0.4 is 5.32 Å². The molecule has 1 aliphatic rings. The molecule has 1 heterocycles. The summed E-state index contributed by atoms with van der Waals surface area (Å²) < 4.78 is 0. The van der Waals surface area contributed by atoms with Gasteiger partial charge in [0.15, 0.2) is 0 Å². The predicted molar refractivity (Wildman–Crippen MR) is 72.2 cm³/mol. The number of carbonyl (C=O) groups is 2. The van der Waals surface area contributed by atoms with Crippen molar-refractivity contribution in [3.8, 4) is 0 Å². The number of amides is 2. The molecule has 0 saturated carbocycles. The number of aliphatic hydroxyl groups is 1. The summed E-state index contributed by atoms with van der Waals surface area (Å²) in [5, 5.41) is 21.2. The van der Waals surface area contributed by atoms with Crippen LogP contribution in [0.25, 0.3) is 0 Å². The SMILES string of the molecule is Cc1cccc(CNC(=O)N2C[C@H](O)C[C@H]2C(=O)O)c1. The summed E-state index contributed by atoms with van der Waals surface area (Å²) in [6.07, 6.45) is -0.700. The van der Waals surface area contributed by atoms with Crippen LogP contribution in [-0.2, 0) is 11.3 Å². The minimum Gasteiger partial charge on any atom is -0.480 e. The van der Waals surface area contributed by atoms with Gasteiger partial charge in [0.25, 0.3) is 0 Å². The van der Waals surface area contributed by atoms with E-state index in [0.29, 0.717) is 6.54 Å². The molecule has 108 valence electrons. The van der Waals surface area contributed by atoms with Crippen LogP contribution in [-0.4, -0.2) is 45.8 Å². The number of aliphatic carboxylic acids is 1. The second-order valence-corrected chi connectivity index (χ2v) is 5.04. The molecule has 20 heavy (non-hydrogen) atoms. The molecule has 3 N–H and O–H groups in total. The molecule has 6 heteroatoms. The summed E-state index contributed by atoms with van der Waals surface area (Å²) in [6.45, 7) is 2.35. The first-order valence-corrected chi connectivity index (χ1v) is 6.48. The lowest BCUT2D eigenvalue weighted by Crippen LogP contribution is -2.45. The maximum Gasteiger partial charge on any atom is 0.326 e. The van der Waals surface area contributed by atoms with Crippen LogP contribution in [0.4, 0.5) is 4.79 Å². The zero-order valence-electron chi connectivity index (χ0n) is 11.2. The van der Waals surface area contributed by atoms with E-state index in [4.69, 9.17) is 5.11 Å². The van der Waals surface area contributed by atoms with Crippen molar-refractivity contribution >= 4 is 12.0 Å². The molecule has 1 fully saturated rings. The second-order valence-electron chi connectivity index (χ2n) is 5.04. The maximum absolute atomic E-state index is 12.0. The number of hydrogen-bond donors (Lipinski definition) is 3. The van der Waals surface area contributed by atoms with Gasteiger partial charge in [-0.2, -0.15) is 0 Å². The second kappa shape index (κ2) is 5.92. The molecule has 0 spiro atoms. The first kappa shape index (κ1) is 14.3. The van der Waals surface area contributed by atoms with Crippen molar-refractivity contribution in [2.75, 3.05) is 6.54 Å². The van der Waals surface area contributed by atoms with E-state index in [9.17, 15) is 14.7 Å². The molecule has 1 aliphatic heterocycles. The van der Waals surface area contributed by atoms with Gasteiger partial charge in [-0.1, -0.05) is 29.8 Å². The number of carboxylic acid groups (broad SMARTS) is 1. The molecule has 0 bridgehead atoms. The fourth-order valence-corrected chi connectivity index (χ4v) is 2.37. The quantitative estimate of drug-likeness (QED) is 0.760. The molecule has 6 nitrogen and oxygen atoms in total. The van der Waals surface area contributed by atoms with E-state index in [1.807, 2.05) is 31.2 Å². The van der Waals surface area contributed by atoms with E-state index in [-0.39, 0.29) is 13.0 Å². The molecule has 0 radical (unpaired) electrons. The number of nitrogens with one attached hydrogen (secondary N) is 1.